The third-order valence-electron chi connectivity index (χ3n) is 2.97. The van der Waals surface area contributed by atoms with Gasteiger partial charge in [-0.25, -0.2) is 0 Å². The number of hydrogen-bond donors (Lipinski definition) is 1. The van der Waals surface area contributed by atoms with Crippen LogP contribution in [0.25, 0.3) is 0 Å². The normalized spacial score (nSPS) is 11.5. The van der Waals surface area contributed by atoms with Gasteiger partial charge >= 0.3 is 5.97 Å². The van der Waals surface area contributed by atoms with Crippen LogP contribution in [0.1, 0.15) is 22.6 Å². The van der Waals surface area contributed by atoms with Crippen LogP contribution >= 0.6 is 0 Å². The molecule has 2 rings (SSSR count). The molecule has 0 aromatic heterocycles. The Kier molecular flexibility index (Phi) is 3.94. The lowest BCUT2D eigenvalue weighted by Crippen LogP contribution is -2.07. The first-order chi connectivity index (χ1) is 9.22. The van der Waals surface area contributed by atoms with E-state index in [1.54, 1.807) is 12.1 Å². The zero-order valence-electron chi connectivity index (χ0n) is 10.3. The lowest BCUT2D eigenvalue weighted by molar-refractivity contribution is -0.136. The van der Waals surface area contributed by atoms with Gasteiger partial charge in [0.05, 0.1) is 18.4 Å². The molecule has 0 saturated heterocycles. The molecular weight excluding hydrogens is 238 g/mol. The second kappa shape index (κ2) is 5.83. The van der Waals surface area contributed by atoms with Gasteiger partial charge in [-0.15, -0.1) is 0 Å². The van der Waals surface area contributed by atoms with Gasteiger partial charge in [-0.3, -0.25) is 4.79 Å². The van der Waals surface area contributed by atoms with Gasteiger partial charge in [0.15, 0.2) is 0 Å². The minimum Gasteiger partial charge on any atom is -0.481 e. The van der Waals surface area contributed by atoms with Gasteiger partial charge in [0.25, 0.3) is 0 Å². The molecule has 2 aromatic rings. The number of aliphatic carboxylic acids is 1. The zero-order chi connectivity index (χ0) is 13.7. The molecule has 3 heteroatoms. The van der Waals surface area contributed by atoms with Crippen molar-refractivity contribution in [2.75, 3.05) is 0 Å². The lowest BCUT2D eigenvalue weighted by Gasteiger charge is -2.13. The Morgan fingerprint density at radius 1 is 1.11 bits per heavy atom. The van der Waals surface area contributed by atoms with E-state index in [9.17, 15) is 10.1 Å². The van der Waals surface area contributed by atoms with Crippen LogP contribution in [0, 0.1) is 11.3 Å². The topological polar surface area (TPSA) is 61.1 Å². The number of carbonyl (C=O) groups is 1. The monoisotopic (exact) mass is 251 g/mol. The predicted octanol–water partition coefficient (Wildman–Crippen LogP) is 2.97. The Balaban J connectivity index is 2.45. The summed E-state index contributed by atoms with van der Waals surface area (Å²) in [5.41, 5.74) is 2.33. The van der Waals surface area contributed by atoms with Crippen molar-refractivity contribution in [3.05, 3.63) is 71.3 Å². The molecule has 0 fully saturated rings. The van der Waals surface area contributed by atoms with E-state index in [0.29, 0.717) is 5.56 Å². The molecule has 1 N–H and O–H groups in total. The van der Waals surface area contributed by atoms with Crippen molar-refractivity contribution in [2.45, 2.75) is 12.3 Å². The first-order valence-corrected chi connectivity index (χ1v) is 5.96. The minimum absolute atomic E-state index is 0.0683. The largest absolute Gasteiger partial charge is 0.481 e. The summed E-state index contributed by atoms with van der Waals surface area (Å²) in [5.74, 6) is -1.33. The molecule has 0 aliphatic carbocycles. The van der Waals surface area contributed by atoms with Crippen molar-refractivity contribution < 1.29 is 9.90 Å². The Bertz CT molecular complexity index is 614. The number of nitriles is 1. The third-order valence-corrected chi connectivity index (χ3v) is 2.97. The van der Waals surface area contributed by atoms with Crippen LogP contribution in [-0.2, 0) is 11.2 Å². The molecule has 1 unspecified atom stereocenters. The molecule has 2 aromatic carbocycles. The van der Waals surface area contributed by atoms with Gasteiger partial charge in [-0.2, -0.15) is 5.26 Å². The number of carboxylic acids is 1. The maximum atomic E-state index is 10.9. The molecule has 3 nitrogen and oxygen atoms in total. The molecule has 0 heterocycles. The number of benzene rings is 2. The first-order valence-electron chi connectivity index (χ1n) is 5.96. The molecular formula is C16H13NO2. The minimum atomic E-state index is -0.891. The summed E-state index contributed by atoms with van der Waals surface area (Å²) >= 11 is 0. The second-order valence-electron chi connectivity index (χ2n) is 4.24. The standard InChI is InChI=1S/C16H13NO2/c17-11-15(12-6-2-1-3-7-12)14-9-5-4-8-13(14)10-16(18)19/h1-9,15H,10H2,(H,18,19). The SMILES string of the molecule is N#CC(c1ccccc1)c1ccccc1CC(=O)O. The summed E-state index contributed by atoms with van der Waals surface area (Å²) < 4.78 is 0. The van der Waals surface area contributed by atoms with E-state index in [-0.39, 0.29) is 6.42 Å². The van der Waals surface area contributed by atoms with E-state index >= 15 is 0 Å². The Labute approximate surface area is 111 Å². The van der Waals surface area contributed by atoms with Crippen LogP contribution in [0.15, 0.2) is 54.6 Å². The lowest BCUT2D eigenvalue weighted by atomic mass is 9.88. The first kappa shape index (κ1) is 12.8. The van der Waals surface area contributed by atoms with Crippen LogP contribution in [0.5, 0.6) is 0 Å². The molecule has 19 heavy (non-hydrogen) atoms. The fraction of sp³-hybridized carbons (Fsp3) is 0.125. The van der Waals surface area contributed by atoms with Crippen molar-refractivity contribution >= 4 is 5.97 Å². The van der Waals surface area contributed by atoms with Crippen LogP contribution in [0.4, 0.5) is 0 Å². The number of carboxylic acid groups (broad SMARTS) is 1. The molecule has 0 amide bonds. The van der Waals surface area contributed by atoms with Crippen molar-refractivity contribution in [3.8, 4) is 6.07 Å². The summed E-state index contributed by atoms with van der Waals surface area (Å²) in [7, 11) is 0. The van der Waals surface area contributed by atoms with Crippen LogP contribution in [0.2, 0.25) is 0 Å². The smallest absolute Gasteiger partial charge is 0.307 e. The van der Waals surface area contributed by atoms with Gasteiger partial charge in [0.2, 0.25) is 0 Å². The maximum Gasteiger partial charge on any atom is 0.307 e. The van der Waals surface area contributed by atoms with E-state index in [1.807, 2.05) is 42.5 Å². The molecule has 0 aliphatic rings. The third kappa shape index (κ3) is 2.99. The maximum absolute atomic E-state index is 10.9. The molecule has 0 bridgehead atoms. The van der Waals surface area contributed by atoms with Gasteiger partial charge < -0.3 is 5.11 Å². The summed E-state index contributed by atoms with van der Waals surface area (Å²) in [5, 5.41) is 18.3. The van der Waals surface area contributed by atoms with Crippen molar-refractivity contribution in [1.82, 2.24) is 0 Å². The summed E-state index contributed by atoms with van der Waals surface area (Å²) in [6, 6.07) is 18.9. The Morgan fingerprint density at radius 2 is 1.74 bits per heavy atom. The van der Waals surface area contributed by atoms with Crippen LogP contribution in [0.3, 0.4) is 0 Å². The van der Waals surface area contributed by atoms with Gasteiger partial charge in [0.1, 0.15) is 0 Å². The number of nitrogens with zero attached hydrogens (tertiary/aromatic N) is 1. The number of hydrogen-bond acceptors (Lipinski definition) is 2. The summed E-state index contributed by atoms with van der Waals surface area (Å²) in [6.45, 7) is 0. The highest BCUT2D eigenvalue weighted by Gasteiger charge is 2.17. The van der Waals surface area contributed by atoms with E-state index in [1.165, 1.54) is 0 Å². The average Bonchev–Trinajstić information content (AvgIpc) is 2.42. The highest BCUT2D eigenvalue weighted by atomic mass is 16.4. The van der Waals surface area contributed by atoms with Crippen LogP contribution in [-0.4, -0.2) is 11.1 Å². The zero-order valence-corrected chi connectivity index (χ0v) is 10.3. The Hall–Kier alpha value is -2.60. The second-order valence-corrected chi connectivity index (χ2v) is 4.24. The fourth-order valence-corrected chi connectivity index (χ4v) is 2.11. The van der Waals surface area contributed by atoms with Gasteiger partial charge in [-0.05, 0) is 16.7 Å². The van der Waals surface area contributed by atoms with E-state index in [4.69, 9.17) is 5.11 Å². The van der Waals surface area contributed by atoms with Crippen molar-refractivity contribution in [1.29, 1.82) is 5.26 Å². The highest BCUT2D eigenvalue weighted by molar-refractivity contribution is 5.71. The molecule has 0 saturated carbocycles. The predicted molar refractivity (Wildman–Crippen MR) is 71.7 cm³/mol. The average molecular weight is 251 g/mol. The van der Waals surface area contributed by atoms with Crippen molar-refractivity contribution in [3.63, 3.8) is 0 Å². The summed E-state index contributed by atoms with van der Waals surface area (Å²) in [4.78, 5) is 10.9. The van der Waals surface area contributed by atoms with E-state index in [0.717, 1.165) is 11.1 Å². The molecule has 1 atom stereocenters. The van der Waals surface area contributed by atoms with Crippen molar-refractivity contribution in [2.24, 2.45) is 0 Å². The molecule has 94 valence electrons. The quantitative estimate of drug-likeness (QED) is 0.908. The fourth-order valence-electron chi connectivity index (χ4n) is 2.11. The Morgan fingerprint density at radius 3 is 2.37 bits per heavy atom. The van der Waals surface area contributed by atoms with E-state index < -0.39 is 11.9 Å². The summed E-state index contributed by atoms with van der Waals surface area (Å²) in [6.07, 6.45) is -0.0683. The molecule has 0 radical (unpaired) electrons. The molecule has 0 aliphatic heterocycles. The van der Waals surface area contributed by atoms with Crippen LogP contribution < -0.4 is 0 Å². The molecule has 0 spiro atoms. The van der Waals surface area contributed by atoms with E-state index in [2.05, 4.69) is 6.07 Å². The number of rotatable bonds is 4. The highest BCUT2D eigenvalue weighted by Crippen LogP contribution is 2.27. The van der Waals surface area contributed by atoms with Gasteiger partial charge in [0, 0.05) is 0 Å². The van der Waals surface area contributed by atoms with Gasteiger partial charge in [-0.1, -0.05) is 54.6 Å².